The molecule has 3 aromatic rings. The van der Waals surface area contributed by atoms with Gasteiger partial charge in [0, 0.05) is 16.4 Å². The number of carbonyl (C=O) groups is 1. The van der Waals surface area contributed by atoms with Gasteiger partial charge in [0.25, 0.3) is 5.91 Å². The molecule has 0 aliphatic heterocycles. The molecule has 0 spiro atoms. The van der Waals surface area contributed by atoms with E-state index in [1.54, 1.807) is 10.6 Å². The molecule has 0 saturated carbocycles. The fourth-order valence-electron chi connectivity index (χ4n) is 2.81. The highest BCUT2D eigenvalue weighted by Crippen LogP contribution is 2.39. The first-order chi connectivity index (χ1) is 12.4. The number of aromatic hydroxyl groups is 2. The summed E-state index contributed by atoms with van der Waals surface area (Å²) in [4.78, 5) is 12.3. The number of azo groups is 1. The monoisotopic (exact) mass is 415 g/mol. The van der Waals surface area contributed by atoms with Crippen molar-refractivity contribution in [1.82, 2.24) is 4.57 Å². The topological polar surface area (TPSA) is 87.2 Å². The maximum Gasteiger partial charge on any atom is 0.299 e. The molecule has 26 heavy (non-hydrogen) atoms. The number of amides is 1. The number of fused-ring (bicyclic) bond motifs is 1. The van der Waals surface area contributed by atoms with E-state index >= 15 is 0 Å². The van der Waals surface area contributed by atoms with E-state index in [9.17, 15) is 15.0 Å². The van der Waals surface area contributed by atoms with Gasteiger partial charge in [0.1, 0.15) is 5.75 Å². The van der Waals surface area contributed by atoms with Crippen molar-refractivity contribution in [2.75, 3.05) is 0 Å². The first-order valence-corrected chi connectivity index (χ1v) is 8.98. The first-order valence-electron chi connectivity index (χ1n) is 8.18. The predicted octanol–water partition coefficient (Wildman–Crippen LogP) is 5.46. The van der Waals surface area contributed by atoms with Gasteiger partial charge in [0.05, 0.1) is 11.1 Å². The Morgan fingerprint density at radius 3 is 2.69 bits per heavy atom. The number of hydrogen-bond acceptors (Lipinski definition) is 4. The molecule has 0 saturated heterocycles. The molecule has 2 aromatic carbocycles. The van der Waals surface area contributed by atoms with E-state index in [0.29, 0.717) is 11.0 Å². The van der Waals surface area contributed by atoms with Crippen LogP contribution in [0.2, 0.25) is 0 Å². The third-order valence-corrected chi connectivity index (χ3v) is 4.54. The Balaban J connectivity index is 2.06. The van der Waals surface area contributed by atoms with Crippen molar-refractivity contribution >= 4 is 38.4 Å². The molecule has 0 fully saturated rings. The van der Waals surface area contributed by atoms with Crippen molar-refractivity contribution in [2.24, 2.45) is 10.2 Å². The number of nitrogens with zero attached hydrogens (tertiary/aromatic N) is 3. The van der Waals surface area contributed by atoms with Crippen molar-refractivity contribution in [1.29, 1.82) is 0 Å². The molecule has 6 nitrogen and oxygen atoms in total. The lowest BCUT2D eigenvalue weighted by atomic mass is 10.1. The molecule has 2 N–H and O–H groups in total. The second-order valence-corrected chi connectivity index (χ2v) is 6.93. The lowest BCUT2D eigenvalue weighted by Gasteiger charge is -2.04. The van der Waals surface area contributed by atoms with E-state index in [2.05, 4.69) is 26.2 Å². The minimum Gasteiger partial charge on any atom is -0.507 e. The van der Waals surface area contributed by atoms with Crippen LogP contribution in [-0.4, -0.2) is 20.7 Å². The van der Waals surface area contributed by atoms with Gasteiger partial charge >= 0.3 is 0 Å². The molecular formula is C19H18BrN3O3. The average Bonchev–Trinajstić information content (AvgIpc) is 2.86. The minimum absolute atomic E-state index is 0.0255. The van der Waals surface area contributed by atoms with E-state index in [-0.39, 0.29) is 22.9 Å². The van der Waals surface area contributed by atoms with E-state index in [4.69, 9.17) is 0 Å². The number of benzene rings is 2. The molecule has 0 radical (unpaired) electrons. The average molecular weight is 416 g/mol. The maximum absolute atomic E-state index is 12.3. The Labute approximate surface area is 158 Å². The van der Waals surface area contributed by atoms with Crippen LogP contribution >= 0.6 is 15.9 Å². The van der Waals surface area contributed by atoms with Crippen LogP contribution in [0.5, 0.6) is 11.6 Å². The van der Waals surface area contributed by atoms with Crippen LogP contribution in [0.4, 0.5) is 5.69 Å². The summed E-state index contributed by atoms with van der Waals surface area (Å²) in [6, 6.07) is 10.3. The second kappa shape index (κ2) is 7.29. The Morgan fingerprint density at radius 2 is 1.96 bits per heavy atom. The summed E-state index contributed by atoms with van der Waals surface area (Å²) < 4.78 is 2.40. The number of aromatic nitrogens is 1. The van der Waals surface area contributed by atoms with Gasteiger partial charge in [0.15, 0.2) is 5.69 Å². The largest absolute Gasteiger partial charge is 0.507 e. The third-order valence-electron chi connectivity index (χ3n) is 4.04. The van der Waals surface area contributed by atoms with E-state index < -0.39 is 5.91 Å². The fourth-order valence-corrected chi connectivity index (χ4v) is 3.18. The summed E-state index contributed by atoms with van der Waals surface area (Å²) in [6.45, 7) is 4.58. The van der Waals surface area contributed by atoms with Crippen LogP contribution < -0.4 is 0 Å². The van der Waals surface area contributed by atoms with Crippen molar-refractivity contribution in [3.05, 3.63) is 52.0 Å². The Hall–Kier alpha value is -2.67. The number of phenolic OH excluding ortho intramolecular Hbond substituents is 1. The standard InChI is InChI=1S/C19H18BrN3O3/c1-3-8-23-15-6-4-11(2)9-13(15)17(19(23)26)21-22-18(25)14-10-12(20)5-7-16(14)24/h4-7,9-10,24,26H,3,8H2,1-2H3. The van der Waals surface area contributed by atoms with Gasteiger partial charge in [0.2, 0.25) is 5.88 Å². The number of halogens is 1. The molecule has 0 atom stereocenters. The molecular weight excluding hydrogens is 398 g/mol. The normalized spacial score (nSPS) is 11.5. The zero-order chi connectivity index (χ0) is 18.8. The summed E-state index contributed by atoms with van der Waals surface area (Å²) in [5.41, 5.74) is 2.14. The smallest absolute Gasteiger partial charge is 0.299 e. The summed E-state index contributed by atoms with van der Waals surface area (Å²) in [6.07, 6.45) is 0.840. The molecule has 1 amide bonds. The Morgan fingerprint density at radius 1 is 1.19 bits per heavy atom. The molecule has 134 valence electrons. The number of hydrogen-bond donors (Lipinski definition) is 2. The highest BCUT2D eigenvalue weighted by molar-refractivity contribution is 9.10. The van der Waals surface area contributed by atoms with Crippen molar-refractivity contribution in [3.63, 3.8) is 0 Å². The van der Waals surface area contributed by atoms with Crippen LogP contribution in [0.3, 0.4) is 0 Å². The van der Waals surface area contributed by atoms with Gasteiger partial charge in [-0.2, -0.15) is 0 Å². The quantitative estimate of drug-likeness (QED) is 0.554. The van der Waals surface area contributed by atoms with Crippen LogP contribution in [0.15, 0.2) is 51.1 Å². The Bertz CT molecular complexity index is 1020. The van der Waals surface area contributed by atoms with E-state index in [0.717, 1.165) is 22.9 Å². The lowest BCUT2D eigenvalue weighted by molar-refractivity contribution is 0.0992. The van der Waals surface area contributed by atoms with Gasteiger partial charge in [-0.25, -0.2) is 0 Å². The van der Waals surface area contributed by atoms with Gasteiger partial charge in [-0.15, -0.1) is 10.2 Å². The van der Waals surface area contributed by atoms with Crippen LogP contribution in [0, 0.1) is 6.92 Å². The van der Waals surface area contributed by atoms with Gasteiger partial charge in [-0.1, -0.05) is 34.5 Å². The molecule has 0 bridgehead atoms. The van der Waals surface area contributed by atoms with Crippen LogP contribution in [0.25, 0.3) is 10.9 Å². The van der Waals surface area contributed by atoms with E-state index in [1.807, 2.05) is 32.0 Å². The summed E-state index contributed by atoms with van der Waals surface area (Å²) in [5.74, 6) is -0.889. The van der Waals surface area contributed by atoms with Gasteiger partial charge in [-0.3, -0.25) is 4.79 Å². The summed E-state index contributed by atoms with van der Waals surface area (Å²) in [5, 5.41) is 28.8. The highest BCUT2D eigenvalue weighted by atomic mass is 79.9. The molecule has 0 unspecified atom stereocenters. The Kier molecular flexibility index (Phi) is 5.08. The third kappa shape index (κ3) is 3.35. The summed E-state index contributed by atoms with van der Waals surface area (Å²) in [7, 11) is 0. The van der Waals surface area contributed by atoms with E-state index in [1.165, 1.54) is 12.1 Å². The summed E-state index contributed by atoms with van der Waals surface area (Å²) >= 11 is 3.25. The number of rotatable bonds is 4. The van der Waals surface area contributed by atoms with Crippen LogP contribution in [0.1, 0.15) is 29.3 Å². The first kappa shape index (κ1) is 18.1. The minimum atomic E-state index is -0.688. The predicted molar refractivity (Wildman–Crippen MR) is 103 cm³/mol. The SMILES string of the molecule is CCCn1c(O)c(N=NC(=O)c2cc(Br)ccc2O)c2cc(C)ccc21. The van der Waals surface area contributed by atoms with Crippen molar-refractivity contribution in [2.45, 2.75) is 26.8 Å². The molecule has 0 aliphatic rings. The molecule has 1 aromatic heterocycles. The highest BCUT2D eigenvalue weighted by Gasteiger charge is 2.17. The molecule has 1 heterocycles. The van der Waals surface area contributed by atoms with Crippen LogP contribution in [-0.2, 0) is 6.54 Å². The lowest BCUT2D eigenvalue weighted by Crippen LogP contribution is -1.95. The molecule has 7 heteroatoms. The fraction of sp³-hybridized carbons (Fsp3) is 0.211. The number of phenols is 1. The second-order valence-electron chi connectivity index (χ2n) is 6.01. The molecule has 0 aliphatic carbocycles. The number of aryl methyl sites for hydroxylation is 2. The van der Waals surface area contributed by atoms with Gasteiger partial charge < -0.3 is 14.8 Å². The van der Waals surface area contributed by atoms with Crippen molar-refractivity contribution in [3.8, 4) is 11.6 Å². The molecule has 3 rings (SSSR count). The number of carbonyl (C=O) groups excluding carboxylic acids is 1. The van der Waals surface area contributed by atoms with Gasteiger partial charge in [-0.05, 0) is 43.7 Å². The maximum atomic E-state index is 12.3. The zero-order valence-corrected chi connectivity index (χ0v) is 16.0. The van der Waals surface area contributed by atoms with Crippen molar-refractivity contribution < 1.29 is 15.0 Å². The zero-order valence-electron chi connectivity index (χ0n) is 14.4.